The Kier molecular flexibility index (Phi) is 7.54. The number of amides is 2. The normalized spacial score (nSPS) is 12.6. The quantitative estimate of drug-likeness (QED) is 0.599. The van der Waals surface area contributed by atoms with Gasteiger partial charge in [-0.1, -0.05) is 27.7 Å². The van der Waals surface area contributed by atoms with Crippen LogP contribution in [0.3, 0.4) is 0 Å². The second kappa shape index (κ2) is 8.06. The molecule has 17 heavy (non-hydrogen) atoms. The number of nitrogens with one attached hydrogen (secondary N) is 2. The Hall–Kier alpha value is -1.10. The summed E-state index contributed by atoms with van der Waals surface area (Å²) < 4.78 is 0. The summed E-state index contributed by atoms with van der Waals surface area (Å²) in [6.45, 7) is 8.64. The lowest BCUT2D eigenvalue weighted by Crippen LogP contribution is -2.45. The maximum atomic E-state index is 11.5. The highest BCUT2D eigenvalue weighted by atomic mass is 16.2. The minimum Gasteiger partial charge on any atom is -0.354 e. The topological polar surface area (TPSA) is 84.2 Å². The second-order valence-corrected chi connectivity index (χ2v) is 5.15. The van der Waals surface area contributed by atoms with E-state index in [1.807, 2.05) is 27.7 Å². The summed E-state index contributed by atoms with van der Waals surface area (Å²) in [6.07, 6.45) is 0.624. The van der Waals surface area contributed by atoms with Crippen LogP contribution in [0.15, 0.2) is 0 Å². The molecule has 5 heteroatoms. The molecule has 1 atom stereocenters. The first kappa shape index (κ1) is 15.9. The van der Waals surface area contributed by atoms with Crippen LogP contribution in [0.5, 0.6) is 0 Å². The molecule has 0 spiro atoms. The summed E-state index contributed by atoms with van der Waals surface area (Å²) >= 11 is 0. The molecule has 0 aromatic rings. The van der Waals surface area contributed by atoms with Crippen molar-refractivity contribution < 1.29 is 9.59 Å². The van der Waals surface area contributed by atoms with Crippen molar-refractivity contribution >= 4 is 11.8 Å². The van der Waals surface area contributed by atoms with Crippen molar-refractivity contribution in [3.05, 3.63) is 0 Å². The molecule has 0 aromatic carbocycles. The van der Waals surface area contributed by atoms with Crippen LogP contribution in [0, 0.1) is 11.8 Å². The molecule has 4 N–H and O–H groups in total. The lowest BCUT2D eigenvalue weighted by atomic mass is 10.0. The van der Waals surface area contributed by atoms with E-state index in [0.717, 1.165) is 0 Å². The van der Waals surface area contributed by atoms with Crippen LogP contribution in [0.25, 0.3) is 0 Å². The molecule has 0 aliphatic heterocycles. The zero-order valence-electron chi connectivity index (χ0n) is 11.2. The van der Waals surface area contributed by atoms with E-state index in [2.05, 4.69) is 10.6 Å². The van der Waals surface area contributed by atoms with Crippen LogP contribution in [0.4, 0.5) is 0 Å². The molecule has 0 rings (SSSR count). The molecule has 5 nitrogen and oxygen atoms in total. The largest absolute Gasteiger partial charge is 0.354 e. The van der Waals surface area contributed by atoms with Crippen LogP contribution in [0.1, 0.15) is 34.1 Å². The fraction of sp³-hybridized carbons (Fsp3) is 0.833. The maximum absolute atomic E-state index is 11.5. The SMILES string of the molecule is CC(C)CNC(=O)CNC(=O)C(N)CC(C)C. The van der Waals surface area contributed by atoms with Gasteiger partial charge in [-0.05, 0) is 18.3 Å². The van der Waals surface area contributed by atoms with E-state index in [4.69, 9.17) is 5.73 Å². The minimum absolute atomic E-state index is 0.00263. The Bertz CT molecular complexity index is 252. The highest BCUT2D eigenvalue weighted by molar-refractivity contribution is 5.87. The van der Waals surface area contributed by atoms with E-state index in [-0.39, 0.29) is 18.4 Å². The van der Waals surface area contributed by atoms with Gasteiger partial charge in [-0.2, -0.15) is 0 Å². The fourth-order valence-corrected chi connectivity index (χ4v) is 1.29. The van der Waals surface area contributed by atoms with E-state index in [9.17, 15) is 9.59 Å². The number of carbonyl (C=O) groups is 2. The monoisotopic (exact) mass is 243 g/mol. The van der Waals surface area contributed by atoms with E-state index in [1.54, 1.807) is 0 Å². The van der Waals surface area contributed by atoms with Gasteiger partial charge in [-0.15, -0.1) is 0 Å². The molecule has 0 radical (unpaired) electrons. The maximum Gasteiger partial charge on any atom is 0.239 e. The summed E-state index contributed by atoms with van der Waals surface area (Å²) in [5.74, 6) is 0.325. The Morgan fingerprint density at radius 2 is 1.65 bits per heavy atom. The van der Waals surface area contributed by atoms with Gasteiger partial charge in [-0.25, -0.2) is 0 Å². The summed E-state index contributed by atoms with van der Waals surface area (Å²) in [7, 11) is 0. The van der Waals surface area contributed by atoms with E-state index in [0.29, 0.717) is 24.8 Å². The Balaban J connectivity index is 3.79. The minimum atomic E-state index is -0.534. The predicted molar refractivity (Wildman–Crippen MR) is 68.3 cm³/mol. The van der Waals surface area contributed by atoms with Crippen molar-refractivity contribution in [3.63, 3.8) is 0 Å². The lowest BCUT2D eigenvalue weighted by Gasteiger charge is -2.14. The van der Waals surface area contributed by atoms with Crippen molar-refractivity contribution in [2.24, 2.45) is 17.6 Å². The Morgan fingerprint density at radius 3 is 2.12 bits per heavy atom. The van der Waals surface area contributed by atoms with E-state index < -0.39 is 6.04 Å². The van der Waals surface area contributed by atoms with Gasteiger partial charge in [0.15, 0.2) is 0 Å². The highest BCUT2D eigenvalue weighted by Crippen LogP contribution is 2.02. The Labute approximate surface area is 104 Å². The summed E-state index contributed by atoms with van der Waals surface area (Å²) in [4.78, 5) is 22.8. The van der Waals surface area contributed by atoms with Crippen molar-refractivity contribution in [2.75, 3.05) is 13.1 Å². The summed E-state index contributed by atoms with van der Waals surface area (Å²) in [5, 5.41) is 5.26. The van der Waals surface area contributed by atoms with Crippen LogP contribution in [-0.4, -0.2) is 30.9 Å². The van der Waals surface area contributed by atoms with Gasteiger partial charge in [0.05, 0.1) is 12.6 Å². The molecule has 0 aromatic heterocycles. The number of hydrogen-bond acceptors (Lipinski definition) is 3. The van der Waals surface area contributed by atoms with Crippen LogP contribution in [0.2, 0.25) is 0 Å². The van der Waals surface area contributed by atoms with E-state index >= 15 is 0 Å². The zero-order chi connectivity index (χ0) is 13.4. The molecule has 0 fully saturated rings. The standard InChI is InChI=1S/C12H25N3O2/c1-8(2)5-10(13)12(17)15-7-11(16)14-6-9(3)4/h8-10H,5-7,13H2,1-4H3,(H,14,16)(H,15,17). The van der Waals surface area contributed by atoms with Gasteiger partial charge < -0.3 is 16.4 Å². The molecular formula is C12H25N3O2. The third-order valence-electron chi connectivity index (χ3n) is 2.19. The third-order valence-corrected chi connectivity index (χ3v) is 2.19. The number of nitrogens with two attached hydrogens (primary N) is 1. The zero-order valence-corrected chi connectivity index (χ0v) is 11.2. The first-order valence-corrected chi connectivity index (χ1v) is 6.13. The molecular weight excluding hydrogens is 218 g/mol. The number of rotatable bonds is 7. The summed E-state index contributed by atoms with van der Waals surface area (Å²) in [5.41, 5.74) is 5.68. The molecule has 0 aliphatic rings. The molecule has 0 heterocycles. The van der Waals surface area contributed by atoms with Crippen molar-refractivity contribution in [3.8, 4) is 0 Å². The highest BCUT2D eigenvalue weighted by Gasteiger charge is 2.15. The van der Waals surface area contributed by atoms with Crippen LogP contribution in [-0.2, 0) is 9.59 Å². The van der Waals surface area contributed by atoms with Crippen molar-refractivity contribution in [1.82, 2.24) is 10.6 Å². The molecule has 0 bridgehead atoms. The van der Waals surface area contributed by atoms with E-state index in [1.165, 1.54) is 0 Å². The molecule has 0 aliphatic carbocycles. The van der Waals surface area contributed by atoms with Crippen LogP contribution >= 0.6 is 0 Å². The average molecular weight is 243 g/mol. The molecule has 1 unspecified atom stereocenters. The number of hydrogen-bond donors (Lipinski definition) is 3. The molecule has 0 saturated heterocycles. The number of carbonyl (C=O) groups excluding carboxylic acids is 2. The fourth-order valence-electron chi connectivity index (χ4n) is 1.29. The molecule has 100 valence electrons. The third kappa shape index (κ3) is 8.68. The van der Waals surface area contributed by atoms with Crippen molar-refractivity contribution in [2.45, 2.75) is 40.2 Å². The van der Waals surface area contributed by atoms with Gasteiger partial charge in [0.25, 0.3) is 0 Å². The summed E-state index contributed by atoms with van der Waals surface area (Å²) in [6, 6.07) is -0.534. The van der Waals surface area contributed by atoms with Gasteiger partial charge in [0.1, 0.15) is 0 Å². The molecule has 2 amide bonds. The average Bonchev–Trinajstić information content (AvgIpc) is 2.21. The predicted octanol–water partition coefficient (Wildman–Crippen LogP) is 0.248. The smallest absolute Gasteiger partial charge is 0.239 e. The Morgan fingerprint density at radius 1 is 1.06 bits per heavy atom. The second-order valence-electron chi connectivity index (χ2n) is 5.15. The first-order chi connectivity index (χ1) is 7.82. The van der Waals surface area contributed by atoms with Gasteiger partial charge in [-0.3, -0.25) is 9.59 Å². The van der Waals surface area contributed by atoms with Crippen LogP contribution < -0.4 is 16.4 Å². The molecule has 0 saturated carbocycles. The van der Waals surface area contributed by atoms with Gasteiger partial charge >= 0.3 is 0 Å². The first-order valence-electron chi connectivity index (χ1n) is 6.13. The lowest BCUT2D eigenvalue weighted by molar-refractivity contribution is -0.127. The van der Waals surface area contributed by atoms with Gasteiger partial charge in [0, 0.05) is 6.54 Å². The van der Waals surface area contributed by atoms with Crippen molar-refractivity contribution in [1.29, 1.82) is 0 Å². The van der Waals surface area contributed by atoms with Gasteiger partial charge in [0.2, 0.25) is 11.8 Å².